The highest BCUT2D eigenvalue weighted by Gasteiger charge is 2.65. The molecule has 0 aliphatic carbocycles. The summed E-state index contributed by atoms with van der Waals surface area (Å²) in [6, 6.07) is 7.24. The number of aromatic nitrogens is 3. The summed E-state index contributed by atoms with van der Waals surface area (Å²) in [6.07, 6.45) is 4.25. The predicted octanol–water partition coefficient (Wildman–Crippen LogP) is 1.47. The van der Waals surface area contributed by atoms with E-state index in [0.29, 0.717) is 37.5 Å². The number of likely N-dealkylation sites (tertiary alicyclic amines) is 1. The number of benzene rings is 1. The second kappa shape index (κ2) is 6.13. The molecule has 1 aromatic heterocycles. The highest BCUT2D eigenvalue weighted by atomic mass is 16.5. The molecule has 4 heterocycles. The van der Waals surface area contributed by atoms with Gasteiger partial charge in [0.15, 0.2) is 5.72 Å². The molecule has 0 bridgehead atoms. The van der Waals surface area contributed by atoms with Gasteiger partial charge in [0.1, 0.15) is 12.7 Å². The number of nitrogens with zero attached hydrogens (tertiary/aromatic N) is 5. The molecule has 1 aromatic carbocycles. The van der Waals surface area contributed by atoms with E-state index in [1.807, 2.05) is 34.1 Å². The first-order chi connectivity index (χ1) is 13.5. The maximum Gasteiger partial charge on any atom is 0.254 e. The standard InChI is InChI=1S/C20H23N5O3/c1-13(2)16-10-28-20-7-8-24(17(20)9-18(26)25(16)20)19(27)14-3-5-15(6-4-14)23-11-21-22-12-23/h3-6,11-13,16-17H,7-10H2,1-2H3/t16-,17+,20-/m0/s1. The van der Waals surface area contributed by atoms with Crippen LogP contribution in [0.5, 0.6) is 0 Å². The third-order valence-corrected chi connectivity index (χ3v) is 6.35. The van der Waals surface area contributed by atoms with Crippen LogP contribution in [0.2, 0.25) is 0 Å². The average molecular weight is 381 g/mol. The van der Waals surface area contributed by atoms with Crippen LogP contribution < -0.4 is 0 Å². The molecular formula is C20H23N5O3. The molecular weight excluding hydrogens is 358 g/mol. The molecule has 0 N–H and O–H groups in total. The molecule has 0 unspecified atom stereocenters. The lowest BCUT2D eigenvalue weighted by Crippen LogP contribution is -2.51. The van der Waals surface area contributed by atoms with E-state index in [4.69, 9.17) is 4.74 Å². The number of amides is 2. The van der Waals surface area contributed by atoms with E-state index in [-0.39, 0.29) is 23.9 Å². The van der Waals surface area contributed by atoms with Gasteiger partial charge in [0.05, 0.1) is 25.1 Å². The van der Waals surface area contributed by atoms with Gasteiger partial charge in [-0.2, -0.15) is 0 Å². The zero-order valence-corrected chi connectivity index (χ0v) is 16.0. The van der Waals surface area contributed by atoms with Crippen LogP contribution in [0.25, 0.3) is 5.69 Å². The third-order valence-electron chi connectivity index (χ3n) is 6.35. The summed E-state index contributed by atoms with van der Waals surface area (Å²) in [5.74, 6) is 0.377. The number of hydrogen-bond acceptors (Lipinski definition) is 5. The van der Waals surface area contributed by atoms with E-state index < -0.39 is 5.72 Å². The molecule has 3 aliphatic rings. The van der Waals surface area contributed by atoms with Crippen molar-refractivity contribution in [2.45, 2.75) is 44.5 Å². The zero-order chi connectivity index (χ0) is 19.5. The van der Waals surface area contributed by atoms with Gasteiger partial charge in [-0.25, -0.2) is 0 Å². The van der Waals surface area contributed by atoms with Crippen LogP contribution in [0.15, 0.2) is 36.9 Å². The van der Waals surface area contributed by atoms with Crippen LogP contribution in [0, 0.1) is 5.92 Å². The minimum atomic E-state index is -0.635. The fraction of sp³-hybridized carbons (Fsp3) is 0.500. The number of rotatable bonds is 3. The average Bonchev–Trinajstić information content (AvgIpc) is 3.44. The first kappa shape index (κ1) is 17.4. The van der Waals surface area contributed by atoms with Crippen LogP contribution in [0.3, 0.4) is 0 Å². The van der Waals surface area contributed by atoms with Gasteiger partial charge in [-0.3, -0.25) is 14.2 Å². The second-order valence-electron chi connectivity index (χ2n) is 8.12. The van der Waals surface area contributed by atoms with Crippen molar-refractivity contribution in [3.8, 4) is 5.69 Å². The smallest absolute Gasteiger partial charge is 0.254 e. The van der Waals surface area contributed by atoms with E-state index in [2.05, 4.69) is 24.0 Å². The topological polar surface area (TPSA) is 80.6 Å². The van der Waals surface area contributed by atoms with Crippen LogP contribution >= 0.6 is 0 Å². The van der Waals surface area contributed by atoms with Crippen molar-refractivity contribution < 1.29 is 14.3 Å². The molecule has 0 radical (unpaired) electrons. The van der Waals surface area contributed by atoms with Gasteiger partial charge in [0.25, 0.3) is 5.91 Å². The monoisotopic (exact) mass is 381 g/mol. The molecule has 146 valence electrons. The molecule has 8 heteroatoms. The van der Waals surface area contributed by atoms with Crippen molar-refractivity contribution in [2.75, 3.05) is 13.2 Å². The van der Waals surface area contributed by atoms with Crippen LogP contribution in [0.1, 0.15) is 37.0 Å². The van der Waals surface area contributed by atoms with Crippen molar-refractivity contribution in [3.05, 3.63) is 42.5 Å². The molecule has 2 amide bonds. The first-order valence-corrected chi connectivity index (χ1v) is 9.73. The molecule has 8 nitrogen and oxygen atoms in total. The first-order valence-electron chi connectivity index (χ1n) is 9.73. The molecule has 3 saturated heterocycles. The molecule has 0 saturated carbocycles. The van der Waals surface area contributed by atoms with E-state index >= 15 is 0 Å². The number of hydrogen-bond donors (Lipinski definition) is 0. The van der Waals surface area contributed by atoms with E-state index in [1.165, 1.54) is 0 Å². The van der Waals surface area contributed by atoms with Crippen molar-refractivity contribution in [1.29, 1.82) is 0 Å². The molecule has 2 aromatic rings. The highest BCUT2D eigenvalue weighted by Crippen LogP contribution is 2.49. The lowest BCUT2D eigenvalue weighted by molar-refractivity contribution is -0.139. The molecule has 1 spiro atoms. The molecule has 3 fully saturated rings. The summed E-state index contributed by atoms with van der Waals surface area (Å²) in [5, 5.41) is 7.60. The third kappa shape index (κ3) is 2.33. The summed E-state index contributed by atoms with van der Waals surface area (Å²) in [6.45, 7) is 5.38. The fourth-order valence-electron chi connectivity index (χ4n) is 4.89. The Balaban J connectivity index is 1.40. The lowest BCUT2D eigenvalue weighted by atomic mass is 10.0. The van der Waals surface area contributed by atoms with Gasteiger partial charge in [0, 0.05) is 24.2 Å². The van der Waals surface area contributed by atoms with Gasteiger partial charge in [-0.15, -0.1) is 10.2 Å². The summed E-state index contributed by atoms with van der Waals surface area (Å²) >= 11 is 0. The van der Waals surface area contributed by atoms with Gasteiger partial charge in [0.2, 0.25) is 5.91 Å². The van der Waals surface area contributed by atoms with E-state index in [9.17, 15) is 9.59 Å². The fourth-order valence-corrected chi connectivity index (χ4v) is 4.89. The summed E-state index contributed by atoms with van der Waals surface area (Å²) in [5.41, 5.74) is 0.864. The maximum atomic E-state index is 13.2. The quantitative estimate of drug-likeness (QED) is 0.804. The number of ether oxygens (including phenoxy) is 1. The van der Waals surface area contributed by atoms with Gasteiger partial charge < -0.3 is 14.5 Å². The van der Waals surface area contributed by atoms with Gasteiger partial charge >= 0.3 is 0 Å². The maximum absolute atomic E-state index is 13.2. The van der Waals surface area contributed by atoms with Crippen molar-refractivity contribution in [3.63, 3.8) is 0 Å². The molecule has 5 rings (SSSR count). The number of carbonyl (C=O) groups is 2. The van der Waals surface area contributed by atoms with E-state index in [1.54, 1.807) is 17.2 Å². The Labute approximate surface area is 163 Å². The molecule has 3 atom stereocenters. The SMILES string of the molecule is CC(C)[C@@H]1CO[C@@]23CCN(C(=O)c4ccc(-n5cnnc5)cc4)[C@@H]2CC(=O)N13. The summed E-state index contributed by atoms with van der Waals surface area (Å²) in [7, 11) is 0. The zero-order valence-electron chi connectivity index (χ0n) is 16.0. The van der Waals surface area contributed by atoms with Crippen LogP contribution in [0.4, 0.5) is 0 Å². The van der Waals surface area contributed by atoms with Crippen LogP contribution in [-0.4, -0.2) is 67.3 Å². The summed E-state index contributed by atoms with van der Waals surface area (Å²) < 4.78 is 7.99. The Bertz CT molecular complexity index is 910. The Morgan fingerprint density at radius 2 is 1.93 bits per heavy atom. The normalized spacial score (nSPS) is 28.9. The predicted molar refractivity (Wildman–Crippen MR) is 99.6 cm³/mol. The van der Waals surface area contributed by atoms with Gasteiger partial charge in [-0.05, 0) is 30.2 Å². The Hall–Kier alpha value is -2.74. The highest BCUT2D eigenvalue weighted by molar-refractivity contribution is 5.96. The minimum absolute atomic E-state index is 0.0524. The summed E-state index contributed by atoms with van der Waals surface area (Å²) in [4.78, 5) is 29.7. The lowest BCUT2D eigenvalue weighted by Gasteiger charge is -2.34. The van der Waals surface area contributed by atoms with Crippen molar-refractivity contribution in [1.82, 2.24) is 24.6 Å². The van der Waals surface area contributed by atoms with Gasteiger partial charge in [-0.1, -0.05) is 13.8 Å². The van der Waals surface area contributed by atoms with Crippen molar-refractivity contribution >= 4 is 11.8 Å². The number of carbonyl (C=O) groups excluding carboxylic acids is 2. The Morgan fingerprint density at radius 3 is 2.61 bits per heavy atom. The minimum Gasteiger partial charge on any atom is -0.351 e. The molecule has 28 heavy (non-hydrogen) atoms. The molecule has 3 aliphatic heterocycles. The van der Waals surface area contributed by atoms with E-state index in [0.717, 1.165) is 5.69 Å². The Morgan fingerprint density at radius 1 is 1.21 bits per heavy atom. The Kier molecular flexibility index (Phi) is 3.80. The van der Waals surface area contributed by atoms with Crippen molar-refractivity contribution in [2.24, 2.45) is 5.92 Å². The van der Waals surface area contributed by atoms with Crippen LogP contribution in [-0.2, 0) is 9.53 Å². The largest absolute Gasteiger partial charge is 0.351 e. The second-order valence-corrected chi connectivity index (χ2v) is 8.12.